The average Bonchev–Trinajstić information content (AvgIpc) is 2.93. The first kappa shape index (κ1) is 17.1. The van der Waals surface area contributed by atoms with Crippen LogP contribution in [0.25, 0.3) is 0 Å². The van der Waals surface area contributed by atoms with Crippen molar-refractivity contribution in [1.29, 1.82) is 5.26 Å². The van der Waals surface area contributed by atoms with E-state index in [0.29, 0.717) is 23.7 Å². The number of ketones is 1. The molecule has 0 bridgehead atoms. The third kappa shape index (κ3) is 2.46. The number of nitrogens with zero attached hydrogens (tertiary/aromatic N) is 1. The second-order valence-electron chi connectivity index (χ2n) is 9.40. The predicted octanol–water partition coefficient (Wildman–Crippen LogP) is 5.46. The summed E-state index contributed by atoms with van der Waals surface area (Å²) in [6.07, 6.45) is 11.2. The normalized spacial score (nSPS) is 45.9. The quantitative estimate of drug-likeness (QED) is 0.628. The topological polar surface area (TPSA) is 40.9 Å². The molecule has 0 heterocycles. The Kier molecular flexibility index (Phi) is 4.18. The van der Waals surface area contributed by atoms with E-state index >= 15 is 0 Å². The average molecular weight is 338 g/mol. The lowest BCUT2D eigenvalue weighted by atomic mass is 9.48. The first-order chi connectivity index (χ1) is 12.0. The van der Waals surface area contributed by atoms with E-state index in [9.17, 15) is 10.1 Å². The van der Waals surface area contributed by atoms with Gasteiger partial charge in [-0.2, -0.15) is 5.26 Å². The van der Waals surface area contributed by atoms with Gasteiger partial charge in [-0.15, -0.1) is 0 Å². The molecule has 134 valence electrons. The molecule has 0 aromatic rings. The van der Waals surface area contributed by atoms with Crippen molar-refractivity contribution in [2.75, 3.05) is 0 Å². The van der Waals surface area contributed by atoms with E-state index in [-0.39, 0.29) is 17.1 Å². The number of hydrogen-bond acceptors (Lipinski definition) is 2. The smallest absolute Gasteiger partial charge is 0.181 e. The van der Waals surface area contributed by atoms with Gasteiger partial charge in [0.15, 0.2) is 5.78 Å². The maximum absolute atomic E-state index is 12.2. The van der Waals surface area contributed by atoms with Crippen molar-refractivity contribution in [3.8, 4) is 6.07 Å². The fraction of sp³-hybridized carbons (Fsp3) is 0.739. The van der Waals surface area contributed by atoms with Crippen molar-refractivity contribution in [3.05, 3.63) is 23.8 Å². The third-order valence-electron chi connectivity index (χ3n) is 8.37. The van der Waals surface area contributed by atoms with E-state index in [1.165, 1.54) is 37.7 Å². The van der Waals surface area contributed by atoms with Gasteiger partial charge in [0, 0.05) is 0 Å². The fourth-order valence-corrected chi connectivity index (χ4v) is 7.20. The minimum Gasteiger partial charge on any atom is -0.290 e. The minimum atomic E-state index is 0.172. The van der Waals surface area contributed by atoms with Crippen molar-refractivity contribution in [2.24, 2.45) is 40.9 Å². The van der Waals surface area contributed by atoms with Crippen LogP contribution in [-0.4, -0.2) is 5.78 Å². The molecule has 0 amide bonds. The number of fused-ring (bicyclic) bond motifs is 5. The Morgan fingerprint density at radius 2 is 2.12 bits per heavy atom. The van der Waals surface area contributed by atoms with Gasteiger partial charge in [0.05, 0.1) is 12.0 Å². The summed E-state index contributed by atoms with van der Waals surface area (Å²) in [7, 11) is 0. The summed E-state index contributed by atoms with van der Waals surface area (Å²) in [6, 6.07) is 2.64. The highest BCUT2D eigenvalue weighted by Gasteiger charge is 2.58. The number of nitriles is 1. The van der Waals surface area contributed by atoms with Crippen LogP contribution >= 0.6 is 0 Å². The van der Waals surface area contributed by atoms with Crippen LogP contribution in [0.1, 0.15) is 65.2 Å². The van der Waals surface area contributed by atoms with E-state index in [0.717, 1.165) is 30.8 Å². The molecule has 3 fully saturated rings. The highest BCUT2D eigenvalue weighted by atomic mass is 16.1. The van der Waals surface area contributed by atoms with Crippen molar-refractivity contribution in [2.45, 2.75) is 65.2 Å². The maximum atomic E-state index is 12.2. The van der Waals surface area contributed by atoms with E-state index < -0.39 is 0 Å². The van der Waals surface area contributed by atoms with Crippen LogP contribution in [-0.2, 0) is 4.79 Å². The zero-order chi connectivity index (χ0) is 17.8. The first-order valence-corrected chi connectivity index (χ1v) is 10.3. The number of carbonyl (C=O) groups is 1. The molecule has 0 aliphatic heterocycles. The van der Waals surface area contributed by atoms with Crippen molar-refractivity contribution >= 4 is 5.78 Å². The third-order valence-corrected chi connectivity index (χ3v) is 8.37. The van der Waals surface area contributed by atoms with E-state index in [1.54, 1.807) is 0 Å². The van der Waals surface area contributed by atoms with Crippen LogP contribution in [0, 0.1) is 52.3 Å². The molecule has 4 aliphatic carbocycles. The molecule has 0 radical (unpaired) electrons. The van der Waals surface area contributed by atoms with Crippen LogP contribution in [0.5, 0.6) is 0 Å². The minimum absolute atomic E-state index is 0.172. The van der Waals surface area contributed by atoms with Gasteiger partial charge in [0.2, 0.25) is 0 Å². The Bertz CT molecular complexity index is 668. The maximum Gasteiger partial charge on any atom is 0.181 e. The second kappa shape index (κ2) is 6.11. The largest absolute Gasteiger partial charge is 0.290 e. The second-order valence-corrected chi connectivity index (χ2v) is 9.40. The molecule has 0 unspecified atom stereocenters. The van der Waals surface area contributed by atoms with Crippen molar-refractivity contribution in [1.82, 2.24) is 0 Å². The molecule has 7 atom stereocenters. The fourth-order valence-electron chi connectivity index (χ4n) is 7.20. The van der Waals surface area contributed by atoms with Crippen LogP contribution in [0.15, 0.2) is 23.8 Å². The summed E-state index contributed by atoms with van der Waals surface area (Å²) in [5, 5.41) is 9.68. The Morgan fingerprint density at radius 3 is 2.84 bits per heavy atom. The van der Waals surface area contributed by atoms with Gasteiger partial charge in [-0.1, -0.05) is 38.8 Å². The molecule has 0 spiro atoms. The molecule has 4 rings (SSSR count). The van der Waals surface area contributed by atoms with Crippen LogP contribution in [0.4, 0.5) is 0 Å². The molecule has 2 heteroatoms. The van der Waals surface area contributed by atoms with Gasteiger partial charge >= 0.3 is 0 Å². The van der Waals surface area contributed by atoms with E-state index in [4.69, 9.17) is 0 Å². The molecule has 2 nitrogen and oxygen atoms in total. The summed E-state index contributed by atoms with van der Waals surface area (Å²) < 4.78 is 0. The number of hydrogen-bond donors (Lipinski definition) is 0. The van der Waals surface area contributed by atoms with E-state index in [2.05, 4.69) is 26.5 Å². The lowest BCUT2D eigenvalue weighted by molar-refractivity contribution is -0.112. The standard InChI is InChI=1S/C23H31NO/c1-4-5-15-11-16-12-21(25)14(2)10-19(16)18-8-9-23(3)17(13-24)6-7-20(23)22(15)18/h12,15,17-20,22H,2,4-11H2,1,3H3/t15-,17+,18+,19-,20-,22+,23+/m0/s1. The van der Waals surface area contributed by atoms with Crippen LogP contribution in [0.2, 0.25) is 0 Å². The monoisotopic (exact) mass is 337 g/mol. The van der Waals surface area contributed by atoms with E-state index in [1.807, 2.05) is 6.08 Å². The van der Waals surface area contributed by atoms with Gasteiger partial charge in [-0.05, 0) is 85.2 Å². The van der Waals surface area contributed by atoms with Crippen molar-refractivity contribution < 1.29 is 4.79 Å². The highest BCUT2D eigenvalue weighted by Crippen LogP contribution is 2.65. The highest BCUT2D eigenvalue weighted by molar-refractivity contribution is 6.05. The summed E-state index contributed by atoms with van der Waals surface area (Å²) in [5.74, 6) is 3.84. The first-order valence-electron chi connectivity index (χ1n) is 10.3. The zero-order valence-electron chi connectivity index (χ0n) is 15.8. The molecular weight excluding hydrogens is 306 g/mol. The molecule has 0 aromatic carbocycles. The number of carbonyl (C=O) groups excluding carboxylic acids is 1. The SMILES string of the molecule is C=C1C[C@H]2C(=CC1=O)C[C@H](CCC)[C@@H]1[C@@H]2CC[C@]2(C)[C@@H](C#N)CC[C@@H]12. The Hall–Kier alpha value is -1.36. The van der Waals surface area contributed by atoms with Crippen LogP contribution < -0.4 is 0 Å². The zero-order valence-corrected chi connectivity index (χ0v) is 15.8. The predicted molar refractivity (Wildman–Crippen MR) is 99.5 cm³/mol. The van der Waals surface area contributed by atoms with Gasteiger partial charge in [0.1, 0.15) is 0 Å². The summed E-state index contributed by atoms with van der Waals surface area (Å²) in [6.45, 7) is 8.75. The Labute approximate surface area is 152 Å². The molecule has 0 aromatic heterocycles. The summed E-state index contributed by atoms with van der Waals surface area (Å²) in [4.78, 5) is 12.2. The van der Waals surface area contributed by atoms with Crippen molar-refractivity contribution in [3.63, 3.8) is 0 Å². The van der Waals surface area contributed by atoms with Gasteiger partial charge < -0.3 is 0 Å². The summed E-state index contributed by atoms with van der Waals surface area (Å²) >= 11 is 0. The summed E-state index contributed by atoms with van der Waals surface area (Å²) in [5.41, 5.74) is 2.47. The molecule has 25 heavy (non-hydrogen) atoms. The number of allylic oxidation sites excluding steroid dienone is 2. The van der Waals surface area contributed by atoms with Gasteiger partial charge in [-0.3, -0.25) is 4.79 Å². The molecule has 3 saturated carbocycles. The van der Waals surface area contributed by atoms with Crippen LogP contribution in [0.3, 0.4) is 0 Å². The molecular formula is C23H31NO. The van der Waals surface area contributed by atoms with Gasteiger partial charge in [0.25, 0.3) is 0 Å². The molecule has 0 saturated heterocycles. The number of rotatable bonds is 2. The molecule has 0 N–H and O–H groups in total. The Morgan fingerprint density at radius 1 is 1.32 bits per heavy atom. The van der Waals surface area contributed by atoms with Gasteiger partial charge in [-0.25, -0.2) is 0 Å². The lowest BCUT2D eigenvalue weighted by Gasteiger charge is -2.56. The lowest BCUT2D eigenvalue weighted by Crippen LogP contribution is -2.49. The molecule has 4 aliphatic rings. The Balaban J connectivity index is 1.71.